The lowest BCUT2D eigenvalue weighted by Crippen LogP contribution is -2.50. The van der Waals surface area contributed by atoms with Gasteiger partial charge >= 0.3 is 5.97 Å². The highest BCUT2D eigenvalue weighted by Gasteiger charge is 2.85. The number of hydrogen-bond acceptors (Lipinski definition) is 6. The van der Waals surface area contributed by atoms with Crippen molar-refractivity contribution in [2.45, 2.75) is 64.6 Å². The lowest BCUT2D eigenvalue weighted by atomic mass is 9.72. The molecular formula is C25H33NO5. The Morgan fingerprint density at radius 2 is 1.84 bits per heavy atom. The number of rotatable bonds is 11. The van der Waals surface area contributed by atoms with Crippen LogP contribution in [0.2, 0.25) is 0 Å². The molecule has 0 spiro atoms. The van der Waals surface area contributed by atoms with E-state index in [2.05, 4.69) is 12.2 Å². The van der Waals surface area contributed by atoms with E-state index < -0.39 is 23.0 Å². The Morgan fingerprint density at radius 3 is 2.45 bits per heavy atom. The van der Waals surface area contributed by atoms with Gasteiger partial charge in [-0.15, -0.1) is 0 Å². The van der Waals surface area contributed by atoms with Crippen LogP contribution in [-0.2, 0) is 14.3 Å². The molecule has 1 saturated heterocycles. The lowest BCUT2D eigenvalue weighted by Gasteiger charge is -2.24. The zero-order valence-corrected chi connectivity index (χ0v) is 19.0. The van der Waals surface area contributed by atoms with Gasteiger partial charge in [0.2, 0.25) is 5.78 Å². The van der Waals surface area contributed by atoms with E-state index in [1.165, 1.54) is 0 Å². The highest BCUT2D eigenvalue weighted by atomic mass is 16.7. The van der Waals surface area contributed by atoms with Crippen LogP contribution in [0.25, 0.3) is 0 Å². The molecule has 2 aliphatic rings. The summed E-state index contributed by atoms with van der Waals surface area (Å²) >= 11 is 0. The first-order chi connectivity index (χ1) is 14.8. The molecule has 0 aromatic heterocycles. The summed E-state index contributed by atoms with van der Waals surface area (Å²) in [7, 11) is 0. The van der Waals surface area contributed by atoms with Crippen LogP contribution in [0.3, 0.4) is 0 Å². The molecule has 0 bridgehead atoms. The van der Waals surface area contributed by atoms with Crippen molar-refractivity contribution >= 4 is 17.5 Å². The molecule has 0 radical (unpaired) electrons. The van der Waals surface area contributed by atoms with Crippen LogP contribution in [0.1, 0.15) is 74.1 Å². The highest BCUT2D eigenvalue weighted by Crippen LogP contribution is 2.58. The van der Waals surface area contributed by atoms with Gasteiger partial charge in [0.15, 0.2) is 11.4 Å². The lowest BCUT2D eigenvalue weighted by molar-refractivity contribution is -0.149. The first-order valence-corrected chi connectivity index (χ1v) is 11.2. The van der Waals surface area contributed by atoms with E-state index in [9.17, 15) is 14.4 Å². The quantitative estimate of drug-likeness (QED) is 0.250. The minimum atomic E-state index is -1.88. The first kappa shape index (κ1) is 23.4. The molecule has 6 nitrogen and oxygen atoms in total. The fraction of sp³-hybridized carbons (Fsp3) is 0.560. The zero-order valence-electron chi connectivity index (χ0n) is 19.0. The Kier molecular flexibility index (Phi) is 7.12. The molecule has 31 heavy (non-hydrogen) atoms. The molecule has 1 N–H and O–H groups in total. The van der Waals surface area contributed by atoms with E-state index in [0.717, 1.165) is 37.9 Å². The molecule has 0 amide bonds. The second-order valence-electron chi connectivity index (χ2n) is 8.71. The Morgan fingerprint density at radius 1 is 1.16 bits per heavy atom. The normalized spacial score (nSPS) is 24.8. The number of unbranched alkanes of at least 4 members (excludes halogenated alkanes) is 1. The maximum absolute atomic E-state index is 13.4. The fourth-order valence-electron chi connectivity index (χ4n) is 4.26. The predicted molar refractivity (Wildman–Crippen MR) is 118 cm³/mol. The summed E-state index contributed by atoms with van der Waals surface area (Å²) in [6.07, 6.45) is 5.01. The summed E-state index contributed by atoms with van der Waals surface area (Å²) in [4.78, 5) is 40.0. The van der Waals surface area contributed by atoms with Crippen molar-refractivity contribution in [3.8, 4) is 0 Å². The van der Waals surface area contributed by atoms with Crippen molar-refractivity contribution in [1.82, 2.24) is 5.32 Å². The van der Waals surface area contributed by atoms with Crippen molar-refractivity contribution in [3.05, 3.63) is 47.0 Å². The number of carbonyl (C=O) groups is 3. The number of fused-ring (bicyclic) bond motifs is 2. The number of ether oxygens (including phenoxy) is 2. The number of benzene rings is 1. The van der Waals surface area contributed by atoms with Crippen LogP contribution in [0.5, 0.6) is 0 Å². The minimum absolute atomic E-state index is 0.146. The highest BCUT2D eigenvalue weighted by molar-refractivity contribution is 6.32. The molecule has 0 saturated carbocycles. The molecule has 1 aliphatic carbocycles. The molecular weight excluding hydrogens is 394 g/mol. The topological polar surface area (TPSA) is 85.0 Å². The molecule has 3 rings (SSSR count). The van der Waals surface area contributed by atoms with Gasteiger partial charge in [-0.2, -0.15) is 0 Å². The van der Waals surface area contributed by atoms with Crippen LogP contribution < -0.4 is 5.32 Å². The molecule has 1 aromatic rings. The summed E-state index contributed by atoms with van der Waals surface area (Å²) in [5, 5.41) is 3.30. The number of hydrogen-bond donors (Lipinski definition) is 1. The van der Waals surface area contributed by atoms with E-state index in [0.29, 0.717) is 5.56 Å². The molecule has 1 heterocycles. The number of esters is 1. The van der Waals surface area contributed by atoms with Crippen LogP contribution in [0, 0.1) is 5.92 Å². The summed E-state index contributed by atoms with van der Waals surface area (Å²) in [5.74, 6) is -1.41. The van der Waals surface area contributed by atoms with Gasteiger partial charge in [-0.05, 0) is 26.8 Å². The van der Waals surface area contributed by atoms with Gasteiger partial charge in [0, 0.05) is 30.0 Å². The van der Waals surface area contributed by atoms with Gasteiger partial charge in [0.25, 0.3) is 5.60 Å². The average molecular weight is 428 g/mol. The van der Waals surface area contributed by atoms with Crippen molar-refractivity contribution in [2.24, 2.45) is 5.92 Å². The summed E-state index contributed by atoms with van der Waals surface area (Å²) < 4.78 is 11.5. The minimum Gasteiger partial charge on any atom is -0.463 e. The number of Topliss-reactive ketones (excluding diaryl/α,β-unsaturated/α-hetero) is 2. The van der Waals surface area contributed by atoms with Crippen LogP contribution in [0.15, 0.2) is 35.9 Å². The third-order valence-corrected chi connectivity index (χ3v) is 6.14. The average Bonchev–Trinajstić information content (AvgIpc) is 3.48. The van der Waals surface area contributed by atoms with Gasteiger partial charge in [-0.25, -0.2) is 4.79 Å². The molecule has 1 aromatic carbocycles. The number of allylic oxidation sites excluding steroid dienone is 1. The van der Waals surface area contributed by atoms with Gasteiger partial charge < -0.3 is 14.8 Å². The number of epoxide rings is 1. The maximum Gasteiger partial charge on any atom is 0.350 e. The molecule has 1 fully saturated rings. The first-order valence-electron chi connectivity index (χ1n) is 11.2. The molecule has 3 atom stereocenters. The smallest absolute Gasteiger partial charge is 0.350 e. The van der Waals surface area contributed by atoms with Crippen LogP contribution >= 0.6 is 0 Å². The standard InChI is InChI=1S/C25H33NO5/c1-5-7-10-18(15-26-6-2)16-30-23(29)25-22(28)20-12-9-8-11-19(20)21(27)24(25,31-25)14-13-17(3)4/h8-9,11-13,18,26H,5-7,10,14-16H2,1-4H3/t18-,24+,25+/m1/s1. The van der Waals surface area contributed by atoms with Crippen LogP contribution in [-0.4, -0.2) is 48.4 Å². The largest absolute Gasteiger partial charge is 0.463 e. The maximum atomic E-state index is 13.4. The zero-order chi connectivity index (χ0) is 22.6. The van der Waals surface area contributed by atoms with Gasteiger partial charge in [0.05, 0.1) is 6.61 Å². The second kappa shape index (κ2) is 9.45. The van der Waals surface area contributed by atoms with E-state index in [-0.39, 0.29) is 30.3 Å². The molecule has 168 valence electrons. The van der Waals surface area contributed by atoms with Gasteiger partial charge in [-0.1, -0.05) is 62.6 Å². The van der Waals surface area contributed by atoms with Crippen molar-refractivity contribution in [3.63, 3.8) is 0 Å². The summed E-state index contributed by atoms with van der Waals surface area (Å²) in [6.45, 7) is 9.71. The summed E-state index contributed by atoms with van der Waals surface area (Å²) in [6, 6.07) is 6.59. The van der Waals surface area contributed by atoms with Crippen molar-refractivity contribution in [1.29, 1.82) is 0 Å². The van der Waals surface area contributed by atoms with E-state index in [1.54, 1.807) is 24.3 Å². The Hall–Kier alpha value is -2.31. The number of carbonyl (C=O) groups excluding carboxylic acids is 3. The summed E-state index contributed by atoms with van der Waals surface area (Å²) in [5.41, 5.74) is -1.87. The van der Waals surface area contributed by atoms with Crippen molar-refractivity contribution < 1.29 is 23.9 Å². The van der Waals surface area contributed by atoms with E-state index in [4.69, 9.17) is 9.47 Å². The van der Waals surface area contributed by atoms with Crippen molar-refractivity contribution in [2.75, 3.05) is 19.7 Å². The fourth-order valence-corrected chi connectivity index (χ4v) is 4.26. The molecule has 1 aliphatic heterocycles. The molecule has 6 heteroatoms. The monoisotopic (exact) mass is 427 g/mol. The Balaban J connectivity index is 1.87. The molecule has 0 unspecified atom stereocenters. The third-order valence-electron chi connectivity index (χ3n) is 6.14. The van der Waals surface area contributed by atoms with E-state index in [1.807, 2.05) is 26.8 Å². The number of ketones is 2. The predicted octanol–water partition coefficient (Wildman–Crippen LogP) is 3.89. The second-order valence-corrected chi connectivity index (χ2v) is 8.71. The third kappa shape index (κ3) is 4.11. The Bertz CT molecular complexity index is 880. The van der Waals surface area contributed by atoms with Crippen LogP contribution in [0.4, 0.5) is 0 Å². The van der Waals surface area contributed by atoms with E-state index >= 15 is 0 Å². The van der Waals surface area contributed by atoms with Gasteiger partial charge in [0.1, 0.15) is 0 Å². The van der Waals surface area contributed by atoms with Gasteiger partial charge in [-0.3, -0.25) is 9.59 Å². The SMILES string of the molecule is CCCC[C@H](CNCC)COC(=O)[C@]12O[C@@]1(CC=C(C)C)C(=O)c1ccccc1C2=O. The number of nitrogens with one attached hydrogen (secondary N) is 1. The Labute approximate surface area is 184 Å².